The number of ether oxygens (including phenoxy) is 2. The highest BCUT2D eigenvalue weighted by Gasteiger charge is 2.33. The second-order valence-electron chi connectivity index (χ2n) is 8.81. The zero-order chi connectivity index (χ0) is 21.0. The molecule has 0 aliphatic carbocycles. The van der Waals surface area contributed by atoms with Crippen LogP contribution in [0.5, 0.6) is 11.5 Å². The van der Waals surface area contributed by atoms with Crippen LogP contribution in [0.3, 0.4) is 0 Å². The summed E-state index contributed by atoms with van der Waals surface area (Å²) in [5.74, 6) is 2.51. The van der Waals surface area contributed by atoms with Crippen LogP contribution in [0.15, 0.2) is 72.8 Å². The average molecular weight is 414 g/mol. The first kappa shape index (κ1) is 20.1. The van der Waals surface area contributed by atoms with Crippen molar-refractivity contribution in [1.29, 1.82) is 0 Å². The smallest absolute Gasteiger partial charge is 0.123 e. The average Bonchev–Trinajstić information content (AvgIpc) is 3.33. The Morgan fingerprint density at radius 3 is 2.35 bits per heavy atom. The Hall–Kier alpha value is -2.78. The second-order valence-corrected chi connectivity index (χ2v) is 8.81. The van der Waals surface area contributed by atoms with Crippen LogP contribution in [0.4, 0.5) is 0 Å². The third kappa shape index (κ3) is 4.47. The molecule has 0 spiro atoms. The monoisotopic (exact) mass is 413 g/mol. The van der Waals surface area contributed by atoms with E-state index in [4.69, 9.17) is 9.47 Å². The highest BCUT2D eigenvalue weighted by atomic mass is 16.5. The fraction of sp³-hybridized carbons (Fsp3) is 0.357. The van der Waals surface area contributed by atoms with E-state index in [1.54, 1.807) is 0 Å². The Balaban J connectivity index is 1.37. The zero-order valence-corrected chi connectivity index (χ0v) is 18.3. The number of aryl methyl sites for hydroxylation is 1. The molecule has 0 saturated carbocycles. The van der Waals surface area contributed by atoms with Crippen molar-refractivity contribution in [2.45, 2.75) is 31.6 Å². The molecule has 2 aliphatic rings. The van der Waals surface area contributed by atoms with Gasteiger partial charge in [-0.25, -0.2) is 0 Å². The van der Waals surface area contributed by atoms with Crippen molar-refractivity contribution >= 4 is 0 Å². The standard InChI is InChI=1S/C28H31NO2/c1-21-8-10-22(11-9-21)26-20-31-27-7-3-2-6-25(27)28(26)23-12-14-24(15-13-23)30-19-18-29-16-4-5-17-29/h2-3,6-15,26,28H,4-5,16-20H2,1H3/t26-,28-/m1/s1. The maximum atomic E-state index is 6.17. The Morgan fingerprint density at radius 1 is 0.871 bits per heavy atom. The summed E-state index contributed by atoms with van der Waals surface area (Å²) in [6.07, 6.45) is 2.65. The third-order valence-electron chi connectivity index (χ3n) is 6.69. The summed E-state index contributed by atoms with van der Waals surface area (Å²) < 4.78 is 12.2. The number of fused-ring (bicyclic) bond motifs is 1. The van der Waals surface area contributed by atoms with E-state index in [1.807, 2.05) is 0 Å². The largest absolute Gasteiger partial charge is 0.493 e. The number of rotatable bonds is 6. The number of hydrogen-bond donors (Lipinski definition) is 0. The van der Waals surface area contributed by atoms with Crippen LogP contribution in [0.25, 0.3) is 0 Å². The summed E-state index contributed by atoms with van der Waals surface area (Å²) in [7, 11) is 0. The first-order chi connectivity index (χ1) is 15.3. The van der Waals surface area contributed by atoms with Crippen LogP contribution in [0.1, 0.15) is 46.9 Å². The molecule has 3 aromatic rings. The number of benzene rings is 3. The Labute approximate surface area is 185 Å². The fourth-order valence-electron chi connectivity index (χ4n) is 4.95. The topological polar surface area (TPSA) is 21.7 Å². The molecular formula is C28H31NO2. The van der Waals surface area contributed by atoms with E-state index in [0.717, 1.165) is 24.7 Å². The van der Waals surface area contributed by atoms with Gasteiger partial charge in [-0.3, -0.25) is 4.90 Å². The van der Waals surface area contributed by atoms with E-state index < -0.39 is 0 Å². The molecule has 2 heterocycles. The predicted molar refractivity (Wildman–Crippen MR) is 125 cm³/mol. The van der Waals surface area contributed by atoms with Gasteiger partial charge in [-0.2, -0.15) is 0 Å². The van der Waals surface area contributed by atoms with Crippen molar-refractivity contribution in [3.8, 4) is 11.5 Å². The van der Waals surface area contributed by atoms with Crippen LogP contribution in [0, 0.1) is 6.92 Å². The summed E-state index contributed by atoms with van der Waals surface area (Å²) >= 11 is 0. The third-order valence-corrected chi connectivity index (χ3v) is 6.69. The molecule has 3 aromatic carbocycles. The minimum Gasteiger partial charge on any atom is -0.493 e. The first-order valence-electron chi connectivity index (χ1n) is 11.5. The SMILES string of the molecule is Cc1ccc([C@H]2COc3ccccc3[C@H]2c2ccc(OCCN3CCCC3)cc2)cc1. The molecule has 1 saturated heterocycles. The van der Waals surface area contributed by atoms with Crippen molar-refractivity contribution < 1.29 is 9.47 Å². The highest BCUT2D eigenvalue weighted by molar-refractivity contribution is 5.48. The Morgan fingerprint density at radius 2 is 1.58 bits per heavy atom. The van der Waals surface area contributed by atoms with Crippen LogP contribution < -0.4 is 9.47 Å². The van der Waals surface area contributed by atoms with Gasteiger partial charge in [0.15, 0.2) is 0 Å². The van der Waals surface area contributed by atoms with Crippen LogP contribution >= 0.6 is 0 Å². The van der Waals surface area contributed by atoms with Gasteiger partial charge >= 0.3 is 0 Å². The molecule has 2 aliphatic heterocycles. The molecule has 2 atom stereocenters. The van der Waals surface area contributed by atoms with Gasteiger partial charge < -0.3 is 9.47 Å². The second kappa shape index (κ2) is 9.15. The van der Waals surface area contributed by atoms with E-state index in [0.29, 0.717) is 6.61 Å². The number of para-hydroxylation sites is 1. The van der Waals surface area contributed by atoms with E-state index >= 15 is 0 Å². The van der Waals surface area contributed by atoms with Gasteiger partial charge in [0, 0.05) is 23.9 Å². The quantitative estimate of drug-likeness (QED) is 0.511. The van der Waals surface area contributed by atoms with Crippen molar-refractivity contribution in [3.63, 3.8) is 0 Å². The molecule has 31 heavy (non-hydrogen) atoms. The molecule has 0 unspecified atom stereocenters. The lowest BCUT2D eigenvalue weighted by molar-refractivity contribution is 0.237. The molecular weight excluding hydrogens is 382 g/mol. The lowest BCUT2D eigenvalue weighted by Crippen LogP contribution is -2.25. The van der Waals surface area contributed by atoms with Gasteiger partial charge in [0.05, 0.1) is 6.61 Å². The molecule has 0 aromatic heterocycles. The van der Waals surface area contributed by atoms with Gasteiger partial charge in [-0.1, -0.05) is 60.2 Å². The lowest BCUT2D eigenvalue weighted by atomic mass is 9.76. The van der Waals surface area contributed by atoms with E-state index in [2.05, 4.69) is 84.6 Å². The Bertz CT molecular complexity index is 990. The molecule has 3 nitrogen and oxygen atoms in total. The van der Waals surface area contributed by atoms with Gasteiger partial charge in [0.25, 0.3) is 0 Å². The molecule has 3 heteroatoms. The predicted octanol–water partition coefficient (Wildman–Crippen LogP) is 5.78. The van der Waals surface area contributed by atoms with Crippen molar-refractivity contribution in [2.24, 2.45) is 0 Å². The van der Waals surface area contributed by atoms with Crippen molar-refractivity contribution in [3.05, 3.63) is 95.1 Å². The van der Waals surface area contributed by atoms with E-state index in [9.17, 15) is 0 Å². The van der Waals surface area contributed by atoms with Crippen molar-refractivity contribution in [2.75, 3.05) is 32.8 Å². The number of hydrogen-bond acceptors (Lipinski definition) is 3. The normalized spacial score (nSPS) is 20.8. The minimum absolute atomic E-state index is 0.270. The molecule has 160 valence electrons. The summed E-state index contributed by atoms with van der Waals surface area (Å²) in [5.41, 5.74) is 5.19. The maximum Gasteiger partial charge on any atom is 0.123 e. The zero-order valence-electron chi connectivity index (χ0n) is 18.3. The first-order valence-corrected chi connectivity index (χ1v) is 11.5. The lowest BCUT2D eigenvalue weighted by Gasteiger charge is -2.34. The van der Waals surface area contributed by atoms with Gasteiger partial charge in [0.2, 0.25) is 0 Å². The van der Waals surface area contributed by atoms with E-state index in [1.165, 1.54) is 48.2 Å². The molecule has 1 fully saturated rings. The summed E-state index contributed by atoms with van der Waals surface area (Å²) in [6, 6.07) is 26.1. The minimum atomic E-state index is 0.270. The van der Waals surface area contributed by atoms with Crippen molar-refractivity contribution in [1.82, 2.24) is 4.90 Å². The highest BCUT2D eigenvalue weighted by Crippen LogP contribution is 2.46. The van der Waals surface area contributed by atoms with Gasteiger partial charge in [-0.15, -0.1) is 0 Å². The summed E-state index contributed by atoms with van der Waals surface area (Å²) in [5, 5.41) is 0. The van der Waals surface area contributed by atoms with Crippen LogP contribution in [-0.4, -0.2) is 37.7 Å². The van der Waals surface area contributed by atoms with E-state index in [-0.39, 0.29) is 11.8 Å². The van der Waals surface area contributed by atoms with Gasteiger partial charge in [-0.05, 0) is 62.2 Å². The van der Waals surface area contributed by atoms with Gasteiger partial charge in [0.1, 0.15) is 18.1 Å². The molecule has 0 radical (unpaired) electrons. The summed E-state index contributed by atoms with van der Waals surface area (Å²) in [6.45, 7) is 7.03. The molecule has 0 amide bonds. The number of likely N-dealkylation sites (tertiary alicyclic amines) is 1. The molecule has 5 rings (SSSR count). The molecule has 0 N–H and O–H groups in total. The Kier molecular flexibility index (Phi) is 5.95. The number of nitrogens with zero attached hydrogens (tertiary/aromatic N) is 1. The maximum absolute atomic E-state index is 6.17. The van der Waals surface area contributed by atoms with Crippen LogP contribution in [0.2, 0.25) is 0 Å². The summed E-state index contributed by atoms with van der Waals surface area (Å²) in [4.78, 5) is 2.49. The fourth-order valence-corrected chi connectivity index (χ4v) is 4.95. The molecule has 0 bridgehead atoms. The van der Waals surface area contributed by atoms with Crippen LogP contribution in [-0.2, 0) is 0 Å².